The van der Waals surface area contributed by atoms with Gasteiger partial charge in [-0.2, -0.15) is 0 Å². The number of aryl methyl sites for hydroxylation is 1. The first kappa shape index (κ1) is 17.0. The third kappa shape index (κ3) is 3.35. The molecule has 6 nitrogen and oxygen atoms in total. The molecule has 0 radical (unpaired) electrons. The molecule has 1 aliphatic rings. The Kier molecular flexibility index (Phi) is 5.26. The maximum absolute atomic E-state index is 6.52. The van der Waals surface area contributed by atoms with Crippen LogP contribution in [-0.2, 0) is 13.6 Å². The summed E-state index contributed by atoms with van der Waals surface area (Å²) < 4.78 is 12.7. The minimum atomic E-state index is 0.408. The number of hydrogen-bond donors (Lipinski definition) is 0. The molecule has 0 bridgehead atoms. The monoisotopic (exact) mass is 350 g/mol. The average Bonchev–Trinajstić information content (AvgIpc) is 3.03. The number of hydrogen-bond acceptors (Lipinski definition) is 5. The van der Waals surface area contributed by atoms with Crippen LogP contribution in [0.4, 0.5) is 0 Å². The summed E-state index contributed by atoms with van der Waals surface area (Å²) in [5.41, 5.74) is 1.05. The van der Waals surface area contributed by atoms with Crippen LogP contribution in [0.25, 0.3) is 0 Å². The molecule has 2 heterocycles. The zero-order valence-corrected chi connectivity index (χ0v) is 15.1. The lowest BCUT2D eigenvalue weighted by Crippen LogP contribution is -2.34. The van der Waals surface area contributed by atoms with Crippen LogP contribution >= 0.6 is 11.6 Å². The Balaban J connectivity index is 1.75. The second-order valence-electron chi connectivity index (χ2n) is 6.15. The van der Waals surface area contributed by atoms with Crippen molar-refractivity contribution in [3.8, 4) is 11.5 Å². The molecule has 24 heavy (non-hydrogen) atoms. The smallest absolute Gasteiger partial charge is 0.179 e. The van der Waals surface area contributed by atoms with Gasteiger partial charge in [0.1, 0.15) is 12.2 Å². The Bertz CT molecular complexity index is 704. The van der Waals surface area contributed by atoms with Gasteiger partial charge >= 0.3 is 0 Å². The Morgan fingerprint density at radius 1 is 1.29 bits per heavy atom. The van der Waals surface area contributed by atoms with Crippen molar-refractivity contribution in [3.63, 3.8) is 0 Å². The molecule has 0 saturated carbocycles. The number of benzene rings is 1. The molecule has 0 amide bonds. The molecule has 1 saturated heterocycles. The van der Waals surface area contributed by atoms with E-state index >= 15 is 0 Å². The van der Waals surface area contributed by atoms with Crippen molar-refractivity contribution in [3.05, 3.63) is 34.9 Å². The van der Waals surface area contributed by atoms with Crippen LogP contribution in [0.1, 0.15) is 30.1 Å². The molecule has 1 aromatic heterocycles. The van der Waals surface area contributed by atoms with Crippen LogP contribution in [0.2, 0.25) is 5.02 Å². The Morgan fingerprint density at radius 3 is 2.79 bits per heavy atom. The summed E-state index contributed by atoms with van der Waals surface area (Å²) in [7, 11) is 5.22. The molecule has 1 unspecified atom stereocenters. The first-order valence-electron chi connectivity index (χ1n) is 8.09. The van der Waals surface area contributed by atoms with E-state index in [2.05, 4.69) is 15.1 Å². The highest BCUT2D eigenvalue weighted by Gasteiger charge is 2.25. The van der Waals surface area contributed by atoms with Gasteiger partial charge in [-0.1, -0.05) is 17.7 Å². The van der Waals surface area contributed by atoms with E-state index in [1.165, 1.54) is 0 Å². The lowest BCUT2D eigenvalue weighted by atomic mass is 9.96. The molecular weight excluding hydrogens is 328 g/mol. The molecule has 0 N–H and O–H groups in total. The summed E-state index contributed by atoms with van der Waals surface area (Å²) in [6.45, 7) is 2.80. The molecule has 1 aromatic carbocycles. The maximum Gasteiger partial charge on any atom is 0.179 e. The van der Waals surface area contributed by atoms with E-state index in [0.717, 1.165) is 43.9 Å². The maximum atomic E-state index is 6.52. The van der Waals surface area contributed by atoms with E-state index in [9.17, 15) is 0 Å². The van der Waals surface area contributed by atoms with Gasteiger partial charge in [0, 0.05) is 26.1 Å². The van der Waals surface area contributed by atoms with Crippen LogP contribution in [-0.4, -0.2) is 47.0 Å². The Labute approximate surface area is 147 Å². The van der Waals surface area contributed by atoms with Crippen LogP contribution in [0.5, 0.6) is 11.5 Å². The van der Waals surface area contributed by atoms with Gasteiger partial charge in [-0.05, 0) is 31.0 Å². The van der Waals surface area contributed by atoms with Crippen molar-refractivity contribution in [2.24, 2.45) is 7.05 Å². The molecule has 1 aliphatic heterocycles. The minimum Gasteiger partial charge on any atom is -0.493 e. The van der Waals surface area contributed by atoms with Crippen LogP contribution < -0.4 is 9.47 Å². The zero-order chi connectivity index (χ0) is 17.1. The van der Waals surface area contributed by atoms with Crippen LogP contribution in [0.15, 0.2) is 18.5 Å². The van der Waals surface area contributed by atoms with Crippen molar-refractivity contribution in [1.82, 2.24) is 19.7 Å². The topological polar surface area (TPSA) is 52.4 Å². The molecule has 130 valence electrons. The second-order valence-corrected chi connectivity index (χ2v) is 6.53. The average molecular weight is 351 g/mol. The highest BCUT2D eigenvalue weighted by molar-refractivity contribution is 6.33. The van der Waals surface area contributed by atoms with E-state index in [1.54, 1.807) is 20.5 Å². The number of likely N-dealkylation sites (tertiary alicyclic amines) is 1. The van der Waals surface area contributed by atoms with Crippen molar-refractivity contribution in [2.45, 2.75) is 25.3 Å². The van der Waals surface area contributed by atoms with E-state index in [4.69, 9.17) is 21.1 Å². The van der Waals surface area contributed by atoms with Crippen molar-refractivity contribution >= 4 is 11.6 Å². The largest absolute Gasteiger partial charge is 0.493 e. The van der Waals surface area contributed by atoms with Gasteiger partial charge in [-0.3, -0.25) is 4.90 Å². The second kappa shape index (κ2) is 7.40. The van der Waals surface area contributed by atoms with Gasteiger partial charge in [-0.15, -0.1) is 10.2 Å². The molecule has 1 fully saturated rings. The van der Waals surface area contributed by atoms with E-state index < -0.39 is 0 Å². The first-order valence-corrected chi connectivity index (χ1v) is 8.47. The van der Waals surface area contributed by atoms with E-state index in [1.807, 2.05) is 23.7 Å². The predicted molar refractivity (Wildman–Crippen MR) is 92.8 cm³/mol. The predicted octanol–water partition coefficient (Wildman–Crippen LogP) is 2.87. The third-order valence-electron chi connectivity index (χ3n) is 4.58. The minimum absolute atomic E-state index is 0.408. The molecule has 2 aromatic rings. The van der Waals surface area contributed by atoms with E-state index in [0.29, 0.717) is 22.4 Å². The van der Waals surface area contributed by atoms with Crippen LogP contribution in [0.3, 0.4) is 0 Å². The third-order valence-corrected chi connectivity index (χ3v) is 4.99. The van der Waals surface area contributed by atoms with E-state index in [-0.39, 0.29) is 0 Å². The van der Waals surface area contributed by atoms with Gasteiger partial charge in [-0.25, -0.2) is 0 Å². The zero-order valence-electron chi connectivity index (χ0n) is 14.3. The molecule has 3 rings (SSSR count). The quantitative estimate of drug-likeness (QED) is 0.830. The Hall–Kier alpha value is -1.79. The van der Waals surface area contributed by atoms with Crippen molar-refractivity contribution in [2.75, 3.05) is 27.3 Å². The normalized spacial score (nSPS) is 18.6. The summed E-state index contributed by atoms with van der Waals surface area (Å²) >= 11 is 6.52. The summed E-state index contributed by atoms with van der Waals surface area (Å²) in [4.78, 5) is 2.41. The number of rotatable bonds is 5. The van der Waals surface area contributed by atoms with Gasteiger partial charge < -0.3 is 14.0 Å². The lowest BCUT2D eigenvalue weighted by molar-refractivity contribution is 0.195. The number of methoxy groups -OCH3 is 2. The summed E-state index contributed by atoms with van der Waals surface area (Å²) in [6.07, 6.45) is 4.05. The van der Waals surface area contributed by atoms with Crippen LogP contribution in [0, 0.1) is 0 Å². The molecule has 7 heteroatoms. The number of aromatic nitrogens is 3. The fourth-order valence-corrected chi connectivity index (χ4v) is 3.66. The number of piperidine rings is 1. The summed E-state index contributed by atoms with van der Waals surface area (Å²) in [5, 5.41) is 8.90. The Morgan fingerprint density at radius 2 is 2.12 bits per heavy atom. The highest BCUT2D eigenvalue weighted by Crippen LogP contribution is 2.38. The number of halogens is 1. The summed E-state index contributed by atoms with van der Waals surface area (Å²) in [5.74, 6) is 2.71. The van der Waals surface area contributed by atoms with Crippen molar-refractivity contribution < 1.29 is 9.47 Å². The SMILES string of the molecule is COc1ccc(CN2CCCC(c3nncn3C)C2)c(Cl)c1OC. The lowest BCUT2D eigenvalue weighted by Gasteiger charge is -2.32. The molecule has 0 spiro atoms. The van der Waals surface area contributed by atoms with Gasteiger partial charge in [0.25, 0.3) is 0 Å². The van der Waals surface area contributed by atoms with Gasteiger partial charge in [0.2, 0.25) is 0 Å². The van der Waals surface area contributed by atoms with Gasteiger partial charge in [0.05, 0.1) is 19.2 Å². The number of ether oxygens (including phenoxy) is 2. The van der Waals surface area contributed by atoms with Gasteiger partial charge in [0.15, 0.2) is 11.5 Å². The molecule has 0 aliphatic carbocycles. The standard InChI is InChI=1S/C17H23ClN4O2/c1-21-11-19-20-17(21)13-5-4-8-22(10-13)9-12-6-7-14(23-2)16(24-3)15(12)18/h6-7,11,13H,4-5,8-10H2,1-3H3. The fraction of sp³-hybridized carbons (Fsp3) is 0.529. The highest BCUT2D eigenvalue weighted by atomic mass is 35.5. The molecular formula is C17H23ClN4O2. The molecule has 1 atom stereocenters. The summed E-state index contributed by atoms with van der Waals surface area (Å²) in [6, 6.07) is 3.92. The number of nitrogens with zero attached hydrogens (tertiary/aromatic N) is 4. The van der Waals surface area contributed by atoms with Crippen molar-refractivity contribution in [1.29, 1.82) is 0 Å². The first-order chi connectivity index (χ1) is 11.6. The fourth-order valence-electron chi connectivity index (χ4n) is 3.36.